The van der Waals surface area contributed by atoms with E-state index in [1.54, 1.807) is 6.07 Å². The molecule has 0 aromatic heterocycles. The van der Waals surface area contributed by atoms with E-state index in [9.17, 15) is 19.1 Å². The van der Waals surface area contributed by atoms with Crippen LogP contribution in [0.3, 0.4) is 0 Å². The quantitative estimate of drug-likeness (QED) is 0.696. The largest absolute Gasteiger partial charge is 0.481 e. The fourth-order valence-electron chi connectivity index (χ4n) is 3.11. The number of amides is 1. The number of carbonyl (C=O) groups is 2. The number of hydrogen-bond donors (Lipinski definition) is 3. The number of carboxylic acid groups (broad SMARTS) is 1. The highest BCUT2D eigenvalue weighted by atomic mass is 19.1. The molecule has 2 unspecified atom stereocenters. The summed E-state index contributed by atoms with van der Waals surface area (Å²) in [6, 6.07) is 2.87. The van der Waals surface area contributed by atoms with Crippen molar-refractivity contribution in [1.29, 1.82) is 0 Å². The molecule has 106 valence electrons. The number of benzene rings is 1. The van der Waals surface area contributed by atoms with Crippen LogP contribution in [0.2, 0.25) is 0 Å². The maximum absolute atomic E-state index is 14.2. The number of carboxylic acids is 1. The number of carbonyl (C=O) groups excluding carboxylic acids is 1. The van der Waals surface area contributed by atoms with E-state index in [2.05, 4.69) is 5.32 Å². The average molecular weight is 279 g/mol. The highest BCUT2D eigenvalue weighted by molar-refractivity contribution is 5.99. The van der Waals surface area contributed by atoms with Gasteiger partial charge in [-0.3, -0.25) is 9.59 Å². The average Bonchev–Trinajstić information content (AvgIpc) is 2.93. The van der Waals surface area contributed by atoms with Gasteiger partial charge in [-0.05, 0) is 35.6 Å². The maximum atomic E-state index is 14.2. The maximum Gasteiger partial charge on any atom is 0.316 e. The van der Waals surface area contributed by atoms with Gasteiger partial charge in [-0.2, -0.15) is 0 Å². The first-order valence-corrected chi connectivity index (χ1v) is 6.50. The van der Waals surface area contributed by atoms with Crippen LogP contribution in [0.5, 0.6) is 0 Å². The van der Waals surface area contributed by atoms with Crippen LogP contribution in [0.4, 0.5) is 4.39 Å². The van der Waals surface area contributed by atoms with E-state index in [4.69, 9.17) is 5.11 Å². The van der Waals surface area contributed by atoms with Crippen LogP contribution >= 0.6 is 0 Å². The lowest BCUT2D eigenvalue weighted by Crippen LogP contribution is -2.27. The van der Waals surface area contributed by atoms with E-state index in [0.29, 0.717) is 18.4 Å². The van der Waals surface area contributed by atoms with E-state index in [0.717, 1.165) is 5.56 Å². The van der Waals surface area contributed by atoms with E-state index < -0.39 is 35.6 Å². The fourth-order valence-corrected chi connectivity index (χ4v) is 3.11. The second kappa shape index (κ2) is 4.56. The summed E-state index contributed by atoms with van der Waals surface area (Å²) in [5, 5.41) is 21.3. The molecule has 2 aliphatic rings. The van der Waals surface area contributed by atoms with Gasteiger partial charge in [0.05, 0.1) is 6.10 Å². The van der Waals surface area contributed by atoms with Gasteiger partial charge in [-0.15, -0.1) is 0 Å². The zero-order valence-electron chi connectivity index (χ0n) is 10.6. The van der Waals surface area contributed by atoms with Crippen LogP contribution in [0, 0.1) is 11.7 Å². The summed E-state index contributed by atoms with van der Waals surface area (Å²) in [7, 11) is 0. The van der Waals surface area contributed by atoms with Crippen molar-refractivity contribution in [1.82, 2.24) is 5.32 Å². The number of aliphatic hydroxyl groups is 1. The summed E-state index contributed by atoms with van der Waals surface area (Å²) >= 11 is 0. The van der Waals surface area contributed by atoms with Crippen molar-refractivity contribution in [2.75, 3.05) is 6.54 Å². The molecule has 0 saturated carbocycles. The SMILES string of the molecule is O=C(O)C1C(=O)NC[C@H]1c1cc2c(cc1F)C(O)CC2. The molecule has 5 nitrogen and oxygen atoms in total. The Bertz CT molecular complexity index is 601. The Hall–Kier alpha value is -1.95. The van der Waals surface area contributed by atoms with Gasteiger partial charge in [-0.1, -0.05) is 6.07 Å². The van der Waals surface area contributed by atoms with Gasteiger partial charge in [-0.25, -0.2) is 4.39 Å². The fraction of sp³-hybridized carbons (Fsp3) is 0.429. The molecule has 1 aliphatic heterocycles. The lowest BCUT2D eigenvalue weighted by Gasteiger charge is -2.16. The second-order valence-electron chi connectivity index (χ2n) is 5.29. The molecule has 3 atom stereocenters. The summed E-state index contributed by atoms with van der Waals surface area (Å²) < 4.78 is 14.2. The molecular formula is C14H14FNO4. The smallest absolute Gasteiger partial charge is 0.316 e. The Labute approximate surface area is 114 Å². The molecule has 1 aromatic rings. The minimum absolute atomic E-state index is 0.119. The Kier molecular flexibility index (Phi) is 2.97. The highest BCUT2D eigenvalue weighted by Gasteiger charge is 2.42. The van der Waals surface area contributed by atoms with Crippen LogP contribution in [-0.4, -0.2) is 28.6 Å². The molecule has 6 heteroatoms. The first kappa shape index (κ1) is 13.1. The van der Waals surface area contributed by atoms with Crippen molar-refractivity contribution >= 4 is 11.9 Å². The third-order valence-electron chi connectivity index (χ3n) is 4.15. The molecule has 0 spiro atoms. The van der Waals surface area contributed by atoms with Gasteiger partial charge in [0, 0.05) is 12.5 Å². The predicted molar refractivity (Wildman–Crippen MR) is 66.6 cm³/mol. The number of halogens is 1. The molecule has 0 bridgehead atoms. The molecule has 1 saturated heterocycles. The number of rotatable bonds is 2. The van der Waals surface area contributed by atoms with Gasteiger partial charge in [0.1, 0.15) is 11.7 Å². The Morgan fingerprint density at radius 1 is 1.35 bits per heavy atom. The monoisotopic (exact) mass is 279 g/mol. The molecule has 1 aliphatic carbocycles. The summed E-state index contributed by atoms with van der Waals surface area (Å²) in [5.41, 5.74) is 1.64. The second-order valence-corrected chi connectivity index (χ2v) is 5.29. The van der Waals surface area contributed by atoms with Gasteiger partial charge in [0.2, 0.25) is 5.91 Å². The van der Waals surface area contributed by atoms with Crippen LogP contribution in [-0.2, 0) is 16.0 Å². The summed E-state index contributed by atoms with van der Waals surface area (Å²) in [6.45, 7) is 0.119. The van der Waals surface area contributed by atoms with Crippen LogP contribution in [0.15, 0.2) is 12.1 Å². The Morgan fingerprint density at radius 3 is 2.80 bits per heavy atom. The number of nitrogens with one attached hydrogen (secondary N) is 1. The zero-order chi connectivity index (χ0) is 14.4. The standard InChI is InChI=1S/C14H14FNO4/c15-10-4-7-6(1-2-11(7)17)3-8(10)9-5-16-13(18)12(9)14(19)20/h3-4,9,11-12,17H,1-2,5H2,(H,16,18)(H,19,20)/t9-,11?,12?/m0/s1. The first-order valence-electron chi connectivity index (χ1n) is 6.50. The van der Waals surface area contributed by atoms with Crippen LogP contribution < -0.4 is 5.32 Å². The molecular weight excluding hydrogens is 265 g/mol. The highest BCUT2D eigenvalue weighted by Crippen LogP contribution is 2.37. The van der Waals surface area contributed by atoms with Crippen molar-refractivity contribution in [3.8, 4) is 0 Å². The first-order chi connectivity index (χ1) is 9.49. The van der Waals surface area contributed by atoms with Crippen molar-refractivity contribution in [3.63, 3.8) is 0 Å². The number of aliphatic hydroxyl groups excluding tert-OH is 1. The van der Waals surface area contributed by atoms with E-state index in [-0.39, 0.29) is 12.1 Å². The minimum Gasteiger partial charge on any atom is -0.481 e. The molecule has 3 N–H and O–H groups in total. The zero-order valence-corrected chi connectivity index (χ0v) is 10.6. The molecule has 1 heterocycles. The van der Waals surface area contributed by atoms with E-state index in [1.807, 2.05) is 0 Å². The summed E-state index contributed by atoms with van der Waals surface area (Å²) in [5.74, 6) is -4.35. The van der Waals surface area contributed by atoms with Gasteiger partial charge in [0.25, 0.3) is 0 Å². The number of aliphatic carboxylic acids is 1. The third kappa shape index (κ3) is 1.87. The van der Waals surface area contributed by atoms with Gasteiger partial charge >= 0.3 is 5.97 Å². The number of aryl methyl sites for hydroxylation is 1. The number of hydrogen-bond acceptors (Lipinski definition) is 3. The molecule has 0 radical (unpaired) electrons. The van der Waals surface area contributed by atoms with Crippen LogP contribution in [0.1, 0.15) is 35.1 Å². The molecule has 20 heavy (non-hydrogen) atoms. The summed E-state index contributed by atoms with van der Waals surface area (Å²) in [4.78, 5) is 22.7. The topological polar surface area (TPSA) is 86.6 Å². The normalized spacial score (nSPS) is 28.3. The Morgan fingerprint density at radius 2 is 2.10 bits per heavy atom. The third-order valence-corrected chi connectivity index (χ3v) is 4.15. The van der Waals surface area contributed by atoms with E-state index >= 15 is 0 Å². The lowest BCUT2D eigenvalue weighted by molar-refractivity contribution is -0.145. The summed E-state index contributed by atoms with van der Waals surface area (Å²) in [6.07, 6.45) is 0.519. The molecule has 3 rings (SSSR count). The van der Waals surface area contributed by atoms with Gasteiger partial charge in [0.15, 0.2) is 0 Å². The van der Waals surface area contributed by atoms with Gasteiger partial charge < -0.3 is 15.5 Å². The van der Waals surface area contributed by atoms with Crippen molar-refractivity contribution in [3.05, 3.63) is 34.6 Å². The van der Waals surface area contributed by atoms with Crippen molar-refractivity contribution in [2.45, 2.75) is 24.9 Å². The molecule has 1 fully saturated rings. The minimum atomic E-state index is -1.26. The number of fused-ring (bicyclic) bond motifs is 1. The van der Waals surface area contributed by atoms with E-state index in [1.165, 1.54) is 6.07 Å². The van der Waals surface area contributed by atoms with Crippen molar-refractivity contribution < 1.29 is 24.2 Å². The van der Waals surface area contributed by atoms with Crippen molar-refractivity contribution in [2.24, 2.45) is 5.92 Å². The Balaban J connectivity index is 2.03. The predicted octanol–water partition coefficient (Wildman–Crippen LogP) is 0.719. The molecule has 1 amide bonds. The lowest BCUT2D eigenvalue weighted by atomic mass is 9.86. The molecule has 1 aromatic carbocycles. The van der Waals surface area contributed by atoms with Crippen LogP contribution in [0.25, 0.3) is 0 Å².